The van der Waals surface area contributed by atoms with Gasteiger partial charge in [0.15, 0.2) is 5.11 Å². The summed E-state index contributed by atoms with van der Waals surface area (Å²) in [4.78, 5) is 8.22. The van der Waals surface area contributed by atoms with Crippen LogP contribution < -0.4 is 16.4 Å². The number of rotatable bonds is 3. The summed E-state index contributed by atoms with van der Waals surface area (Å²) in [5.41, 5.74) is 8.45. The minimum absolute atomic E-state index is 0.168. The molecule has 5 nitrogen and oxygen atoms in total. The lowest BCUT2D eigenvalue weighted by molar-refractivity contribution is -0.137. The molecule has 0 aliphatic rings. The van der Waals surface area contributed by atoms with Crippen LogP contribution in [0.4, 0.5) is 30.5 Å². The highest BCUT2D eigenvalue weighted by atomic mass is 79.9. The Balaban J connectivity index is 1.47. The highest BCUT2D eigenvalue weighted by Gasteiger charge is 2.31. The van der Waals surface area contributed by atoms with Gasteiger partial charge < -0.3 is 16.4 Å². The predicted molar refractivity (Wildman–Crippen MR) is 128 cm³/mol. The number of aromatic nitrogens is 2. The van der Waals surface area contributed by atoms with Gasteiger partial charge in [-0.2, -0.15) is 13.2 Å². The molecule has 162 valence electrons. The summed E-state index contributed by atoms with van der Waals surface area (Å²) < 4.78 is 39.3. The number of anilines is 3. The molecule has 0 amide bonds. The Bertz CT molecular complexity index is 1310. The number of nitrogens with zero attached hydrogens (tertiary/aromatic N) is 2. The second-order valence-electron chi connectivity index (χ2n) is 6.88. The molecule has 0 spiro atoms. The molecular formula is C22H15BrF3N5S. The van der Waals surface area contributed by atoms with Crippen LogP contribution in [0.2, 0.25) is 0 Å². The Morgan fingerprint density at radius 3 is 2.31 bits per heavy atom. The van der Waals surface area contributed by atoms with E-state index in [1.807, 2.05) is 42.5 Å². The molecule has 0 saturated heterocycles. The smallest absolute Gasteiger partial charge is 0.368 e. The number of fused-ring (bicyclic) bond motifs is 1. The second-order valence-corrected chi connectivity index (χ2v) is 8.21. The zero-order valence-corrected chi connectivity index (χ0v) is 18.6. The summed E-state index contributed by atoms with van der Waals surface area (Å²) >= 11 is 8.34. The molecule has 1 heterocycles. The summed E-state index contributed by atoms with van der Waals surface area (Å²) in [6.45, 7) is 0. The van der Waals surface area contributed by atoms with Gasteiger partial charge in [-0.25, -0.2) is 9.97 Å². The van der Waals surface area contributed by atoms with Crippen LogP contribution in [0.15, 0.2) is 71.3 Å². The lowest BCUT2D eigenvalue weighted by Crippen LogP contribution is -2.19. The highest BCUT2D eigenvalue weighted by molar-refractivity contribution is 9.10. The zero-order chi connectivity index (χ0) is 22.9. The van der Waals surface area contributed by atoms with E-state index in [4.69, 9.17) is 18.0 Å². The van der Waals surface area contributed by atoms with Crippen molar-refractivity contribution >= 4 is 61.5 Å². The van der Waals surface area contributed by atoms with Gasteiger partial charge in [0.1, 0.15) is 0 Å². The molecule has 32 heavy (non-hydrogen) atoms. The average Bonchev–Trinajstić information content (AvgIpc) is 2.72. The summed E-state index contributed by atoms with van der Waals surface area (Å²) in [5, 5.41) is 6.81. The van der Waals surface area contributed by atoms with Gasteiger partial charge in [-0.05, 0) is 59.7 Å². The molecule has 4 rings (SSSR count). The fraction of sp³-hybridized carbons (Fsp3) is 0.0455. The quantitative estimate of drug-likeness (QED) is 0.270. The van der Waals surface area contributed by atoms with Crippen LogP contribution in [0.3, 0.4) is 0 Å². The van der Waals surface area contributed by atoms with Gasteiger partial charge >= 0.3 is 6.18 Å². The van der Waals surface area contributed by atoms with E-state index in [0.717, 1.165) is 34.2 Å². The summed E-state index contributed by atoms with van der Waals surface area (Å²) in [7, 11) is 0. The first kappa shape index (κ1) is 22.0. The average molecular weight is 518 g/mol. The van der Waals surface area contributed by atoms with Crippen molar-refractivity contribution in [1.82, 2.24) is 9.97 Å². The topological polar surface area (TPSA) is 75.9 Å². The Labute approximate surface area is 195 Å². The highest BCUT2D eigenvalue weighted by Crippen LogP contribution is 2.33. The van der Waals surface area contributed by atoms with Crippen LogP contribution >= 0.6 is 28.1 Å². The number of halogens is 4. The SMILES string of the molecule is Nc1ncc2ccc(-c3ccc(NC(=S)Nc4cc(Br)cc(C(F)(F)F)c4)cc3)cc2n1. The number of thiocarbonyl (C=S) groups is 1. The van der Waals surface area contributed by atoms with Crippen molar-refractivity contribution in [3.8, 4) is 11.1 Å². The molecule has 0 aliphatic heterocycles. The van der Waals surface area contributed by atoms with E-state index < -0.39 is 11.7 Å². The van der Waals surface area contributed by atoms with Crippen LogP contribution in [0.1, 0.15) is 5.56 Å². The molecular weight excluding hydrogens is 503 g/mol. The van der Waals surface area contributed by atoms with E-state index in [-0.39, 0.29) is 16.7 Å². The van der Waals surface area contributed by atoms with Gasteiger partial charge in [0.2, 0.25) is 5.95 Å². The lowest BCUT2D eigenvalue weighted by atomic mass is 10.0. The first-order valence-corrected chi connectivity index (χ1v) is 10.5. The van der Waals surface area contributed by atoms with Crippen LogP contribution in [0.5, 0.6) is 0 Å². The third kappa shape index (κ3) is 5.14. The minimum Gasteiger partial charge on any atom is -0.368 e. The molecule has 4 N–H and O–H groups in total. The molecule has 0 aliphatic carbocycles. The van der Waals surface area contributed by atoms with E-state index in [0.29, 0.717) is 10.2 Å². The summed E-state index contributed by atoms with van der Waals surface area (Å²) in [6, 6.07) is 16.8. The summed E-state index contributed by atoms with van der Waals surface area (Å²) in [5.74, 6) is 0.211. The van der Waals surface area contributed by atoms with E-state index in [1.165, 1.54) is 6.07 Å². The number of nitrogens with two attached hydrogens (primary N) is 1. The van der Waals surface area contributed by atoms with Gasteiger partial charge in [0.05, 0.1) is 11.1 Å². The number of nitrogens with one attached hydrogen (secondary N) is 2. The number of nitrogen functional groups attached to an aromatic ring is 1. The third-order valence-corrected chi connectivity index (χ3v) is 5.22. The maximum absolute atomic E-state index is 13.0. The van der Waals surface area contributed by atoms with E-state index in [9.17, 15) is 13.2 Å². The van der Waals surface area contributed by atoms with Crippen molar-refractivity contribution < 1.29 is 13.2 Å². The van der Waals surface area contributed by atoms with Crippen molar-refractivity contribution in [1.29, 1.82) is 0 Å². The van der Waals surface area contributed by atoms with Crippen molar-refractivity contribution in [2.45, 2.75) is 6.18 Å². The largest absolute Gasteiger partial charge is 0.416 e. The Morgan fingerprint density at radius 1 is 0.906 bits per heavy atom. The van der Waals surface area contributed by atoms with Crippen molar-refractivity contribution in [2.75, 3.05) is 16.4 Å². The van der Waals surface area contributed by atoms with Gasteiger partial charge in [-0.3, -0.25) is 0 Å². The molecule has 0 atom stereocenters. The normalized spacial score (nSPS) is 11.4. The summed E-state index contributed by atoms with van der Waals surface area (Å²) in [6.07, 6.45) is -2.78. The monoisotopic (exact) mass is 517 g/mol. The maximum Gasteiger partial charge on any atom is 0.416 e. The Hall–Kier alpha value is -3.24. The van der Waals surface area contributed by atoms with E-state index >= 15 is 0 Å². The van der Waals surface area contributed by atoms with Crippen LogP contribution in [0, 0.1) is 0 Å². The van der Waals surface area contributed by atoms with Gasteiger partial charge in [-0.1, -0.05) is 40.2 Å². The number of hydrogen-bond acceptors (Lipinski definition) is 4. The molecule has 4 aromatic rings. The Kier molecular flexibility index (Phi) is 5.98. The molecule has 0 radical (unpaired) electrons. The molecule has 0 bridgehead atoms. The fourth-order valence-corrected chi connectivity index (χ4v) is 3.81. The lowest BCUT2D eigenvalue weighted by Gasteiger charge is -2.14. The van der Waals surface area contributed by atoms with Crippen molar-refractivity contribution in [2.24, 2.45) is 0 Å². The molecule has 0 fully saturated rings. The number of benzene rings is 3. The standard InChI is InChI=1S/C22H15BrF3N5S/c23-16-8-15(22(24,25)26)9-18(10-16)30-21(32)29-17-5-3-12(4-6-17)13-1-2-14-11-28-20(27)31-19(14)7-13/h1-11H,(H2,27,28,31)(H2,29,30,32). The van der Waals surface area contributed by atoms with Crippen LogP contribution in [-0.4, -0.2) is 15.1 Å². The van der Waals surface area contributed by atoms with Crippen LogP contribution in [0.25, 0.3) is 22.0 Å². The molecule has 0 unspecified atom stereocenters. The minimum atomic E-state index is -4.45. The van der Waals surface area contributed by atoms with E-state index in [2.05, 4.69) is 36.5 Å². The van der Waals surface area contributed by atoms with Gasteiger partial charge in [-0.15, -0.1) is 0 Å². The maximum atomic E-state index is 13.0. The first-order valence-electron chi connectivity index (χ1n) is 9.26. The first-order chi connectivity index (χ1) is 15.2. The van der Waals surface area contributed by atoms with Crippen molar-refractivity contribution in [3.05, 3.63) is 76.9 Å². The Morgan fingerprint density at radius 2 is 1.59 bits per heavy atom. The van der Waals surface area contributed by atoms with Crippen molar-refractivity contribution in [3.63, 3.8) is 0 Å². The zero-order valence-electron chi connectivity index (χ0n) is 16.2. The molecule has 3 aromatic carbocycles. The molecule has 10 heteroatoms. The van der Waals surface area contributed by atoms with Crippen LogP contribution in [-0.2, 0) is 6.18 Å². The molecule has 0 saturated carbocycles. The number of alkyl halides is 3. The van der Waals surface area contributed by atoms with E-state index in [1.54, 1.807) is 6.20 Å². The fourth-order valence-electron chi connectivity index (χ4n) is 3.08. The predicted octanol–water partition coefficient (Wildman–Crippen LogP) is 6.47. The second kappa shape index (κ2) is 8.71. The molecule has 1 aromatic heterocycles. The van der Waals surface area contributed by atoms with Gasteiger partial charge in [0.25, 0.3) is 0 Å². The third-order valence-electron chi connectivity index (χ3n) is 4.56. The van der Waals surface area contributed by atoms with Gasteiger partial charge in [0, 0.05) is 27.4 Å². The number of hydrogen-bond donors (Lipinski definition) is 3.